The molecule has 2 heterocycles. The average molecular weight is 476 g/mol. The summed E-state index contributed by atoms with van der Waals surface area (Å²) in [4.78, 5) is 43.4. The molecule has 3 amide bonds. The number of anilines is 1. The molecular weight excluding hydrogens is 442 g/mol. The van der Waals surface area contributed by atoms with Crippen molar-refractivity contribution in [2.24, 2.45) is 0 Å². The van der Waals surface area contributed by atoms with Crippen LogP contribution in [0.2, 0.25) is 0 Å². The zero-order chi connectivity index (χ0) is 25.1. The molecular formula is C26H33N7O2. The van der Waals surface area contributed by atoms with Crippen molar-refractivity contribution in [3.05, 3.63) is 59.7 Å². The van der Waals surface area contributed by atoms with E-state index in [9.17, 15) is 9.59 Å². The zero-order valence-corrected chi connectivity index (χ0v) is 20.7. The number of nitrogens with zero attached hydrogens (tertiary/aromatic N) is 6. The molecule has 1 saturated carbocycles. The molecule has 9 heteroatoms. The Bertz CT molecular complexity index is 1090. The van der Waals surface area contributed by atoms with E-state index in [2.05, 4.69) is 63.4 Å². The maximum Gasteiger partial charge on any atom is 0.371 e. The minimum absolute atomic E-state index is 0.0244. The summed E-state index contributed by atoms with van der Waals surface area (Å²) in [5.74, 6) is -0.101. The molecule has 2 fully saturated rings. The molecule has 1 aromatic carbocycles. The lowest BCUT2D eigenvalue weighted by Gasteiger charge is -2.50. The fraction of sp³-hybridized carbons (Fsp3) is 0.500. The molecule has 4 rings (SSSR count). The third-order valence-corrected chi connectivity index (χ3v) is 7.57. The molecule has 2 aromatic rings. The van der Waals surface area contributed by atoms with Gasteiger partial charge in [0, 0.05) is 12.1 Å². The van der Waals surface area contributed by atoms with Crippen LogP contribution >= 0.6 is 0 Å². The average Bonchev–Trinajstić information content (AvgIpc) is 3.14. The Kier molecular flexibility index (Phi) is 7.03. The second-order valence-electron chi connectivity index (χ2n) is 9.67. The summed E-state index contributed by atoms with van der Waals surface area (Å²) in [5.41, 5.74) is 1.23. The van der Waals surface area contributed by atoms with Gasteiger partial charge in [0.15, 0.2) is 0 Å². The van der Waals surface area contributed by atoms with Crippen LogP contribution < -0.4 is 10.2 Å². The quantitative estimate of drug-likeness (QED) is 0.619. The fourth-order valence-electron chi connectivity index (χ4n) is 5.51. The first kappa shape index (κ1) is 24.6. The van der Waals surface area contributed by atoms with Crippen molar-refractivity contribution in [1.29, 1.82) is 0 Å². The van der Waals surface area contributed by atoms with E-state index in [0.717, 1.165) is 32.1 Å². The smallest absolute Gasteiger partial charge is 0.371 e. The maximum absolute atomic E-state index is 13.7. The van der Waals surface area contributed by atoms with Crippen molar-refractivity contribution >= 4 is 23.6 Å². The molecule has 35 heavy (non-hydrogen) atoms. The number of benzene rings is 1. The van der Waals surface area contributed by atoms with Gasteiger partial charge in [-0.1, -0.05) is 37.3 Å². The minimum atomic E-state index is -0.465. The van der Waals surface area contributed by atoms with Crippen molar-refractivity contribution in [2.75, 3.05) is 38.6 Å². The first-order chi connectivity index (χ1) is 16.8. The summed E-state index contributed by atoms with van der Waals surface area (Å²) in [6.45, 7) is 10.2. The highest BCUT2D eigenvalue weighted by Gasteiger charge is 2.55. The number of aromatic nitrogens is 2. The fourth-order valence-corrected chi connectivity index (χ4v) is 5.51. The third kappa shape index (κ3) is 4.58. The SMILES string of the molecule is [C-]#[N+]c1ncc(N2CC3(CCC(c4ccccc4)(N(C)C)CC3)N(CC(=O)NCCC)C2=O)cn1. The van der Waals surface area contributed by atoms with Crippen LogP contribution in [0.25, 0.3) is 4.85 Å². The summed E-state index contributed by atoms with van der Waals surface area (Å²) >= 11 is 0. The summed E-state index contributed by atoms with van der Waals surface area (Å²) < 4.78 is 0. The van der Waals surface area contributed by atoms with Crippen LogP contribution in [0.3, 0.4) is 0 Å². The lowest BCUT2D eigenvalue weighted by atomic mass is 9.68. The Hall–Kier alpha value is -3.51. The van der Waals surface area contributed by atoms with E-state index in [1.807, 2.05) is 13.0 Å². The van der Waals surface area contributed by atoms with Crippen LogP contribution in [0.15, 0.2) is 42.7 Å². The highest BCUT2D eigenvalue weighted by atomic mass is 16.2. The zero-order valence-electron chi connectivity index (χ0n) is 20.7. The molecule has 1 aliphatic carbocycles. The van der Waals surface area contributed by atoms with Crippen LogP contribution in [0.4, 0.5) is 16.4 Å². The van der Waals surface area contributed by atoms with Gasteiger partial charge in [-0.15, -0.1) is 6.57 Å². The van der Waals surface area contributed by atoms with Crippen LogP contribution in [-0.2, 0) is 10.3 Å². The number of hydrogen-bond acceptors (Lipinski definition) is 5. The normalized spacial score (nSPS) is 24.1. The molecule has 0 radical (unpaired) electrons. The molecule has 184 valence electrons. The van der Waals surface area contributed by atoms with E-state index in [0.29, 0.717) is 18.8 Å². The molecule has 0 atom stereocenters. The van der Waals surface area contributed by atoms with Crippen molar-refractivity contribution in [3.8, 4) is 0 Å². The third-order valence-electron chi connectivity index (χ3n) is 7.57. The van der Waals surface area contributed by atoms with E-state index in [1.54, 1.807) is 9.80 Å². The molecule has 0 unspecified atom stereocenters. The Morgan fingerprint density at radius 3 is 2.37 bits per heavy atom. The van der Waals surface area contributed by atoms with E-state index >= 15 is 0 Å². The van der Waals surface area contributed by atoms with Crippen LogP contribution in [0.5, 0.6) is 0 Å². The second kappa shape index (κ2) is 10.0. The van der Waals surface area contributed by atoms with Gasteiger partial charge in [-0.25, -0.2) is 4.79 Å². The van der Waals surface area contributed by atoms with E-state index in [1.165, 1.54) is 18.0 Å². The summed E-state index contributed by atoms with van der Waals surface area (Å²) in [6, 6.07) is 10.3. The number of urea groups is 1. The van der Waals surface area contributed by atoms with Crippen LogP contribution in [-0.4, -0.2) is 71.0 Å². The Balaban J connectivity index is 1.64. The van der Waals surface area contributed by atoms with E-state index in [-0.39, 0.29) is 30.0 Å². The first-order valence-electron chi connectivity index (χ1n) is 12.1. The molecule has 0 bridgehead atoms. The van der Waals surface area contributed by atoms with Crippen LogP contribution in [0.1, 0.15) is 44.6 Å². The number of carbonyl (C=O) groups is 2. The molecule has 1 spiro atoms. The summed E-state index contributed by atoms with van der Waals surface area (Å²) in [5, 5.41) is 2.91. The number of hydrogen-bond donors (Lipinski definition) is 1. The van der Waals surface area contributed by atoms with Gasteiger partial charge in [0.05, 0.1) is 12.1 Å². The molecule has 1 aliphatic heterocycles. The minimum Gasteiger partial charge on any atom is -0.394 e. The lowest BCUT2D eigenvalue weighted by Crippen LogP contribution is -2.57. The molecule has 9 nitrogen and oxygen atoms in total. The van der Waals surface area contributed by atoms with Crippen LogP contribution in [0, 0.1) is 6.57 Å². The molecule has 1 saturated heterocycles. The standard InChI is InChI=1S/C26H33N7O2/c1-5-15-28-22(34)18-33-24(35)32(21-16-29-23(27-2)30-17-21)19-25(33)11-13-26(14-12-25,31(3)4)20-9-7-6-8-10-20/h6-10,16-17H,5,11-15,18-19H2,1,3-4H3,(H,28,34). The van der Waals surface area contributed by atoms with Crippen molar-refractivity contribution in [3.63, 3.8) is 0 Å². The maximum atomic E-state index is 13.7. The molecule has 2 aliphatic rings. The van der Waals surface area contributed by atoms with Gasteiger partial charge in [-0.05, 0) is 51.8 Å². The second-order valence-corrected chi connectivity index (χ2v) is 9.67. The van der Waals surface area contributed by atoms with Gasteiger partial charge in [0.1, 0.15) is 24.6 Å². The number of nitrogens with one attached hydrogen (secondary N) is 1. The summed E-state index contributed by atoms with van der Waals surface area (Å²) in [6.07, 6.45) is 7.14. The lowest BCUT2D eigenvalue weighted by molar-refractivity contribution is -0.123. The predicted molar refractivity (Wildman–Crippen MR) is 134 cm³/mol. The van der Waals surface area contributed by atoms with E-state index in [4.69, 9.17) is 6.57 Å². The molecule has 1 aromatic heterocycles. The van der Waals surface area contributed by atoms with Gasteiger partial charge in [-0.2, -0.15) is 9.97 Å². The highest BCUT2D eigenvalue weighted by Crippen LogP contribution is 2.49. The number of amides is 3. The molecule has 1 N–H and O–H groups in total. The highest BCUT2D eigenvalue weighted by molar-refractivity contribution is 5.97. The Morgan fingerprint density at radius 2 is 1.80 bits per heavy atom. The van der Waals surface area contributed by atoms with Crippen molar-refractivity contribution in [1.82, 2.24) is 25.1 Å². The first-order valence-corrected chi connectivity index (χ1v) is 12.1. The van der Waals surface area contributed by atoms with Gasteiger partial charge in [-0.3, -0.25) is 14.6 Å². The van der Waals surface area contributed by atoms with E-state index < -0.39 is 5.54 Å². The number of carbonyl (C=O) groups excluding carboxylic acids is 2. The van der Waals surface area contributed by atoms with Gasteiger partial charge in [0.2, 0.25) is 5.91 Å². The predicted octanol–water partition coefficient (Wildman–Crippen LogP) is 3.57. The topological polar surface area (TPSA) is 86.0 Å². The van der Waals surface area contributed by atoms with Crippen molar-refractivity contribution < 1.29 is 9.59 Å². The van der Waals surface area contributed by atoms with Gasteiger partial charge < -0.3 is 15.1 Å². The Morgan fingerprint density at radius 1 is 1.14 bits per heavy atom. The van der Waals surface area contributed by atoms with Gasteiger partial charge in [0.25, 0.3) is 0 Å². The van der Waals surface area contributed by atoms with Gasteiger partial charge >= 0.3 is 12.0 Å². The van der Waals surface area contributed by atoms with Crippen molar-refractivity contribution in [2.45, 2.75) is 50.1 Å². The summed E-state index contributed by atoms with van der Waals surface area (Å²) in [7, 11) is 4.23. The monoisotopic (exact) mass is 475 g/mol. The number of rotatable bonds is 7. The Labute approximate surface area is 207 Å². The largest absolute Gasteiger partial charge is 0.394 e.